The van der Waals surface area contributed by atoms with Crippen LogP contribution in [-0.4, -0.2) is 43.7 Å². The molecule has 1 rings (SSSR count). The van der Waals surface area contributed by atoms with Crippen molar-refractivity contribution in [1.82, 2.24) is 0 Å². The molecule has 0 aromatic rings. The van der Waals surface area contributed by atoms with Gasteiger partial charge in [0.05, 0.1) is 18.5 Å². The Kier molecular flexibility index (Phi) is 25.0. The van der Waals surface area contributed by atoms with Gasteiger partial charge < -0.3 is 14.2 Å². The monoisotopic (exact) mass is 500 g/mol. The summed E-state index contributed by atoms with van der Waals surface area (Å²) in [6.07, 6.45) is 28.6. The Bertz CT molecular complexity index is 387. The highest BCUT2D eigenvalue weighted by Crippen LogP contribution is 2.19. The van der Waals surface area contributed by atoms with E-state index in [1.165, 1.54) is 134 Å². The molecule has 0 aliphatic carbocycles. The fourth-order valence-corrected chi connectivity index (χ4v) is 5.72. The molecule has 0 amide bonds. The van der Waals surface area contributed by atoms with Gasteiger partial charge in [0.15, 0.2) is 6.29 Å². The van der Waals surface area contributed by atoms with Crippen LogP contribution in [0.2, 0.25) is 0 Å². The lowest BCUT2D eigenvalue weighted by atomic mass is 10.0. The number of thioether (sulfide) groups is 1. The van der Waals surface area contributed by atoms with Crippen LogP contribution in [0.5, 0.6) is 0 Å². The van der Waals surface area contributed by atoms with Crippen molar-refractivity contribution in [2.24, 2.45) is 0 Å². The molecule has 0 radical (unpaired) electrons. The van der Waals surface area contributed by atoms with Crippen molar-refractivity contribution in [3.8, 4) is 0 Å². The minimum Gasteiger partial charge on any atom is -0.380 e. The first-order valence-electron chi connectivity index (χ1n) is 15.3. The smallest absolute Gasteiger partial charge is 0.157 e. The van der Waals surface area contributed by atoms with E-state index in [2.05, 4.69) is 13.8 Å². The molecule has 0 N–H and O–H groups in total. The normalized spacial score (nSPS) is 17.3. The summed E-state index contributed by atoms with van der Waals surface area (Å²) >= 11 is 2.02. The summed E-state index contributed by atoms with van der Waals surface area (Å²) in [6.45, 7) is 7.90. The highest BCUT2D eigenvalue weighted by Gasteiger charge is 2.17. The first-order chi connectivity index (χ1) is 16.9. The van der Waals surface area contributed by atoms with Crippen molar-refractivity contribution in [2.45, 2.75) is 160 Å². The van der Waals surface area contributed by atoms with E-state index >= 15 is 0 Å². The Morgan fingerprint density at radius 2 is 1.24 bits per heavy atom. The standard InChI is InChI=1S/C30H60O3S/c1-3-5-7-8-9-10-11-12-13-14-15-16-17-18-19-21-24-31-27-29(34-26-6-4-2)28-33-30-23-20-22-25-32-30/h29-30H,3-28H2,1-2H3. The summed E-state index contributed by atoms with van der Waals surface area (Å²) in [5.74, 6) is 1.21. The highest BCUT2D eigenvalue weighted by molar-refractivity contribution is 7.99. The molecule has 0 bridgehead atoms. The second-order valence-corrected chi connectivity index (χ2v) is 11.8. The molecule has 2 atom stereocenters. The molecule has 3 nitrogen and oxygen atoms in total. The van der Waals surface area contributed by atoms with E-state index in [1.807, 2.05) is 11.8 Å². The van der Waals surface area contributed by atoms with Crippen LogP contribution < -0.4 is 0 Å². The van der Waals surface area contributed by atoms with Crippen LogP contribution in [0.15, 0.2) is 0 Å². The Labute approximate surface area is 218 Å². The number of unbranched alkanes of at least 4 members (excludes halogenated alkanes) is 16. The molecule has 0 saturated carbocycles. The van der Waals surface area contributed by atoms with Crippen molar-refractivity contribution in [3.05, 3.63) is 0 Å². The zero-order valence-corrected chi connectivity index (χ0v) is 24.0. The minimum absolute atomic E-state index is 0.0170. The van der Waals surface area contributed by atoms with Crippen LogP contribution in [0.25, 0.3) is 0 Å². The Hall–Kier alpha value is 0.230. The summed E-state index contributed by atoms with van der Waals surface area (Å²) in [5.41, 5.74) is 0. The van der Waals surface area contributed by atoms with Gasteiger partial charge >= 0.3 is 0 Å². The molecule has 2 unspecified atom stereocenters. The molecule has 1 aliphatic heterocycles. The van der Waals surface area contributed by atoms with Crippen molar-refractivity contribution < 1.29 is 14.2 Å². The molecule has 1 aliphatic rings. The lowest BCUT2D eigenvalue weighted by Crippen LogP contribution is -2.28. The fraction of sp³-hybridized carbons (Fsp3) is 1.00. The summed E-state index contributed by atoms with van der Waals surface area (Å²) in [4.78, 5) is 0. The van der Waals surface area contributed by atoms with E-state index in [1.54, 1.807) is 0 Å². The van der Waals surface area contributed by atoms with Crippen LogP contribution in [-0.2, 0) is 14.2 Å². The van der Waals surface area contributed by atoms with E-state index < -0.39 is 0 Å². The van der Waals surface area contributed by atoms with Crippen LogP contribution in [0.4, 0.5) is 0 Å². The van der Waals surface area contributed by atoms with Crippen LogP contribution in [0.3, 0.4) is 0 Å². The number of rotatable bonds is 26. The molecule has 1 heterocycles. The SMILES string of the molecule is CCCCCCCCCCCCCCCCCCOCC(COC1CCCCO1)SCCCC. The maximum absolute atomic E-state index is 6.04. The lowest BCUT2D eigenvalue weighted by Gasteiger charge is -2.25. The van der Waals surface area contributed by atoms with E-state index in [0.29, 0.717) is 5.25 Å². The van der Waals surface area contributed by atoms with Gasteiger partial charge in [-0.3, -0.25) is 0 Å². The van der Waals surface area contributed by atoms with E-state index in [4.69, 9.17) is 14.2 Å². The van der Waals surface area contributed by atoms with Gasteiger partial charge in [-0.2, -0.15) is 11.8 Å². The largest absolute Gasteiger partial charge is 0.380 e. The summed E-state index contributed by atoms with van der Waals surface area (Å²) in [6, 6.07) is 0. The maximum atomic E-state index is 6.04. The number of hydrogen-bond donors (Lipinski definition) is 0. The number of hydrogen-bond acceptors (Lipinski definition) is 4. The van der Waals surface area contributed by atoms with Crippen molar-refractivity contribution in [3.63, 3.8) is 0 Å². The van der Waals surface area contributed by atoms with Crippen molar-refractivity contribution in [1.29, 1.82) is 0 Å². The topological polar surface area (TPSA) is 27.7 Å². The molecular formula is C30H60O3S. The first kappa shape index (κ1) is 32.3. The molecule has 0 aromatic carbocycles. The summed E-state index contributed by atoms with van der Waals surface area (Å²) < 4.78 is 17.8. The van der Waals surface area contributed by atoms with Gasteiger partial charge in [-0.15, -0.1) is 0 Å². The molecular weight excluding hydrogens is 440 g/mol. The van der Waals surface area contributed by atoms with Crippen molar-refractivity contribution in [2.75, 3.05) is 32.2 Å². The molecule has 204 valence electrons. The average Bonchev–Trinajstić information content (AvgIpc) is 2.87. The molecule has 0 spiro atoms. The van der Waals surface area contributed by atoms with Gasteiger partial charge in [0.1, 0.15) is 0 Å². The molecule has 0 aromatic heterocycles. The van der Waals surface area contributed by atoms with E-state index in [0.717, 1.165) is 32.8 Å². The second kappa shape index (κ2) is 26.3. The average molecular weight is 501 g/mol. The third-order valence-corrected chi connectivity index (χ3v) is 8.17. The van der Waals surface area contributed by atoms with E-state index in [9.17, 15) is 0 Å². The van der Waals surface area contributed by atoms with Crippen LogP contribution >= 0.6 is 11.8 Å². The molecule has 1 fully saturated rings. The van der Waals surface area contributed by atoms with Gasteiger partial charge in [0, 0.05) is 13.2 Å². The first-order valence-corrected chi connectivity index (χ1v) is 16.3. The Morgan fingerprint density at radius 3 is 1.76 bits per heavy atom. The van der Waals surface area contributed by atoms with Gasteiger partial charge in [0.2, 0.25) is 0 Å². The van der Waals surface area contributed by atoms with Crippen LogP contribution in [0.1, 0.15) is 149 Å². The molecule has 4 heteroatoms. The van der Waals surface area contributed by atoms with E-state index in [-0.39, 0.29) is 6.29 Å². The summed E-state index contributed by atoms with van der Waals surface area (Å²) in [5, 5.41) is 0.443. The van der Waals surface area contributed by atoms with Gasteiger partial charge in [-0.25, -0.2) is 0 Å². The lowest BCUT2D eigenvalue weighted by molar-refractivity contribution is -0.163. The van der Waals surface area contributed by atoms with Gasteiger partial charge in [-0.05, 0) is 37.9 Å². The minimum atomic E-state index is 0.0170. The zero-order valence-electron chi connectivity index (χ0n) is 23.2. The Morgan fingerprint density at radius 1 is 0.676 bits per heavy atom. The zero-order chi connectivity index (χ0) is 24.4. The Balaban J connectivity index is 1.87. The molecule has 1 saturated heterocycles. The summed E-state index contributed by atoms with van der Waals surface area (Å²) in [7, 11) is 0. The third-order valence-electron chi connectivity index (χ3n) is 6.90. The third kappa shape index (κ3) is 21.5. The second-order valence-electron chi connectivity index (χ2n) is 10.4. The predicted molar refractivity (Wildman–Crippen MR) is 151 cm³/mol. The quantitative estimate of drug-likeness (QED) is 0.110. The van der Waals surface area contributed by atoms with Crippen molar-refractivity contribution >= 4 is 11.8 Å². The predicted octanol–water partition coefficient (Wildman–Crippen LogP) is 9.71. The molecule has 34 heavy (non-hydrogen) atoms. The van der Waals surface area contributed by atoms with Gasteiger partial charge in [0.25, 0.3) is 0 Å². The highest BCUT2D eigenvalue weighted by atomic mass is 32.2. The fourth-order valence-electron chi connectivity index (χ4n) is 4.56. The van der Waals surface area contributed by atoms with Gasteiger partial charge in [-0.1, -0.05) is 117 Å². The number of ether oxygens (including phenoxy) is 3. The van der Waals surface area contributed by atoms with Crippen LogP contribution in [0, 0.1) is 0 Å². The maximum Gasteiger partial charge on any atom is 0.157 e.